The van der Waals surface area contributed by atoms with Gasteiger partial charge in [0.25, 0.3) is 0 Å². The van der Waals surface area contributed by atoms with Gasteiger partial charge < -0.3 is 0 Å². The summed E-state index contributed by atoms with van der Waals surface area (Å²) in [5.41, 5.74) is 17.7. The van der Waals surface area contributed by atoms with Crippen molar-refractivity contribution in [1.82, 2.24) is 0 Å². The molecule has 6 aromatic carbocycles. The van der Waals surface area contributed by atoms with Gasteiger partial charge >= 0.3 is 310 Å². The average Bonchev–Trinajstić information content (AvgIpc) is 3.68. The van der Waals surface area contributed by atoms with Gasteiger partial charge in [0.1, 0.15) is 0 Å². The Morgan fingerprint density at radius 1 is 0.604 bits per heavy atom. The van der Waals surface area contributed by atoms with Crippen LogP contribution in [-0.2, 0) is 22.8 Å². The Kier molecular flexibility index (Phi) is 10.4. The molecule has 0 amide bonds. The molecule has 2 aliphatic rings. The van der Waals surface area contributed by atoms with Crippen LogP contribution in [0.2, 0.25) is 9.26 Å². The zero-order valence-corrected chi connectivity index (χ0v) is 38.3. The van der Waals surface area contributed by atoms with E-state index in [2.05, 4.69) is 186 Å². The van der Waals surface area contributed by atoms with Crippen LogP contribution >= 0.6 is 24.8 Å². The Bertz CT molecular complexity index is 2540. The van der Waals surface area contributed by atoms with Crippen LogP contribution in [0.15, 0.2) is 120 Å². The third kappa shape index (κ3) is 6.40. The van der Waals surface area contributed by atoms with Crippen LogP contribution in [0.1, 0.15) is 82.2 Å². The van der Waals surface area contributed by atoms with E-state index in [0.29, 0.717) is 13.2 Å². The molecule has 0 spiro atoms. The third-order valence-corrected chi connectivity index (χ3v) is 30.0. The molecule has 0 saturated carbocycles. The molecule has 0 radical (unpaired) electrons. The Labute approximate surface area is 332 Å². The molecule has 0 bridgehead atoms. The predicted octanol–water partition coefficient (Wildman–Crippen LogP) is 14.4. The normalized spacial score (nSPS) is 16.9. The number of fused-ring (bicyclic) bond motifs is 5. The van der Waals surface area contributed by atoms with Crippen LogP contribution < -0.4 is 0 Å². The first-order chi connectivity index (χ1) is 24.1. The Morgan fingerprint density at radius 2 is 1.26 bits per heavy atom. The summed E-state index contributed by atoms with van der Waals surface area (Å²) in [6, 6.07) is 41.7. The number of rotatable bonds is 5. The maximum absolute atomic E-state index is 3.79. The first kappa shape index (κ1) is 39.7. The van der Waals surface area contributed by atoms with Crippen molar-refractivity contribution in [2.24, 2.45) is 5.92 Å². The molecule has 4 heteroatoms. The van der Waals surface area contributed by atoms with Crippen molar-refractivity contribution in [3.05, 3.63) is 154 Å². The molecular weight excluding hydrogens is 779 g/mol. The minimum Gasteiger partial charge on any atom is -0.147 e. The van der Waals surface area contributed by atoms with Gasteiger partial charge in [-0.15, -0.1) is 24.8 Å². The minimum absolute atomic E-state index is 0. The molecular formula is C49H54Cl2SiZr. The van der Waals surface area contributed by atoms with Crippen LogP contribution in [-0.4, -0.2) is 6.88 Å². The molecule has 2 unspecified atom stereocenters. The van der Waals surface area contributed by atoms with Crippen molar-refractivity contribution in [2.75, 3.05) is 0 Å². The summed E-state index contributed by atoms with van der Waals surface area (Å²) in [6.45, 7) is 19.0. The molecule has 0 saturated heterocycles. The Balaban J connectivity index is 0.00000240. The van der Waals surface area contributed by atoms with E-state index in [0.717, 1.165) is 0 Å². The number of halogens is 2. The molecule has 0 N–H and O–H groups in total. The smallest absolute Gasteiger partial charge is 0.147 e. The average molecular weight is 833 g/mol. The number of hydrogen-bond donors (Lipinski definition) is 0. The largest absolute Gasteiger partial charge is 0.147 e. The van der Waals surface area contributed by atoms with E-state index < -0.39 is 17.4 Å². The number of aryl methyl sites for hydroxylation is 1. The predicted molar refractivity (Wildman–Crippen MR) is 239 cm³/mol. The van der Waals surface area contributed by atoms with Crippen molar-refractivity contribution in [2.45, 2.75) is 70.4 Å². The van der Waals surface area contributed by atoms with Gasteiger partial charge in [0.2, 0.25) is 0 Å². The molecule has 0 nitrogen and oxygen atoms in total. The van der Waals surface area contributed by atoms with Gasteiger partial charge in [-0.2, -0.15) is 0 Å². The summed E-state index contributed by atoms with van der Waals surface area (Å²) in [5.74, 6) is 0.475. The fourth-order valence-corrected chi connectivity index (χ4v) is 30.7. The third-order valence-electron chi connectivity index (χ3n) is 12.4. The molecule has 0 fully saturated rings. The molecule has 0 aliphatic heterocycles. The van der Waals surface area contributed by atoms with Crippen LogP contribution in [0.3, 0.4) is 0 Å². The van der Waals surface area contributed by atoms with Gasteiger partial charge in [-0.25, -0.2) is 0 Å². The van der Waals surface area contributed by atoms with Crippen LogP contribution in [0, 0.1) is 12.8 Å². The standard InChI is InChI=1S/C26H21.C21H23.2CH3.2ClH.H2Si.Zr/c1-17(2)20-15-19-8-5-10-24(26(19)16-20)23-12-6-11-22-21-9-4-3-7-18(21)13-14-25(22)23;1-14-12-19-15(2)6-11-18(20(19)13-14)16-7-9-17(10-8-16)21(3,4)5;;;;;;/h3-17H,1-2H3;6-13H,1-5H3;2*1H3;2*1H;1H2;. The van der Waals surface area contributed by atoms with E-state index in [4.69, 9.17) is 0 Å². The summed E-state index contributed by atoms with van der Waals surface area (Å²) in [6.07, 6.45) is 5.20. The summed E-state index contributed by atoms with van der Waals surface area (Å²) < 4.78 is 6.53. The maximum Gasteiger partial charge on any atom is -0.147 e. The van der Waals surface area contributed by atoms with Crippen molar-refractivity contribution in [3.8, 4) is 22.3 Å². The van der Waals surface area contributed by atoms with E-state index >= 15 is 0 Å². The SMILES string of the molecule is CC1=Cc2c(-c3ccc(C(C)(C)C)cc3)ccc(C)c2[CH]1[Zr]([CH3])([CH3])(=[SiH2])[CH]1C(C(C)C)=Cc2c(-c3cccc4c3ccc3ccccc34)cccc21.Cl.Cl. The topological polar surface area (TPSA) is 0 Å². The quantitative estimate of drug-likeness (QED) is 0.120. The van der Waals surface area contributed by atoms with Crippen molar-refractivity contribution in [1.29, 1.82) is 0 Å². The summed E-state index contributed by atoms with van der Waals surface area (Å²) in [7, 11) is 0. The zero-order chi connectivity index (χ0) is 36.1. The monoisotopic (exact) mass is 830 g/mol. The van der Waals surface area contributed by atoms with Crippen molar-refractivity contribution < 1.29 is 17.4 Å². The second-order valence-corrected chi connectivity index (χ2v) is 48.5. The fraction of sp³-hybridized carbons (Fsp3) is 0.265. The molecule has 2 aliphatic carbocycles. The molecule has 6 aromatic rings. The van der Waals surface area contributed by atoms with E-state index in [9.17, 15) is 0 Å². The number of allylic oxidation sites excluding steroid dienone is 2. The van der Waals surface area contributed by atoms with Gasteiger partial charge in [0.05, 0.1) is 0 Å². The molecule has 8 rings (SSSR count). The van der Waals surface area contributed by atoms with Crippen molar-refractivity contribution in [3.63, 3.8) is 0 Å². The summed E-state index contributed by atoms with van der Waals surface area (Å²) in [5, 5.41) is 5.30. The van der Waals surface area contributed by atoms with E-state index in [1.54, 1.807) is 22.3 Å². The molecule has 272 valence electrons. The van der Waals surface area contributed by atoms with Crippen LogP contribution in [0.4, 0.5) is 0 Å². The van der Waals surface area contributed by atoms with Crippen molar-refractivity contribution >= 4 is 65.4 Å². The molecule has 53 heavy (non-hydrogen) atoms. The van der Waals surface area contributed by atoms with Gasteiger partial charge in [0.15, 0.2) is 0 Å². The Hall–Kier alpha value is -3.00. The summed E-state index contributed by atoms with van der Waals surface area (Å²) in [4.78, 5) is 0. The van der Waals surface area contributed by atoms with Crippen LogP contribution in [0.5, 0.6) is 0 Å². The fourth-order valence-electron chi connectivity index (χ4n) is 10.1. The number of benzene rings is 6. The first-order valence-corrected chi connectivity index (χ1v) is 32.6. The molecule has 0 aromatic heterocycles. The first-order valence-electron chi connectivity index (χ1n) is 18.9. The van der Waals surface area contributed by atoms with E-state index in [1.807, 2.05) is 0 Å². The minimum atomic E-state index is -3.79. The van der Waals surface area contributed by atoms with E-state index in [-0.39, 0.29) is 30.2 Å². The van der Waals surface area contributed by atoms with Gasteiger partial charge in [-0.05, 0) is 0 Å². The van der Waals surface area contributed by atoms with Gasteiger partial charge in [-0.3, -0.25) is 0 Å². The molecule has 0 heterocycles. The zero-order valence-electron chi connectivity index (χ0n) is 32.8. The maximum atomic E-state index is 2.79. The van der Waals surface area contributed by atoms with Crippen LogP contribution in [0.25, 0.3) is 56.0 Å². The van der Waals surface area contributed by atoms with E-state index in [1.165, 1.54) is 66.1 Å². The Morgan fingerprint density at radius 3 is 1.96 bits per heavy atom. The van der Waals surface area contributed by atoms with Gasteiger partial charge in [0, 0.05) is 0 Å². The summed E-state index contributed by atoms with van der Waals surface area (Å²) >= 11 is -3.79. The van der Waals surface area contributed by atoms with Gasteiger partial charge in [-0.1, -0.05) is 0 Å². The number of hydrogen-bond acceptors (Lipinski definition) is 0. The second kappa shape index (κ2) is 13.9. The second-order valence-electron chi connectivity index (χ2n) is 18.1. The molecule has 2 atom stereocenters.